The third kappa shape index (κ3) is 1.98. The highest BCUT2D eigenvalue weighted by Gasteiger charge is 2.38. The van der Waals surface area contributed by atoms with Crippen molar-refractivity contribution in [3.05, 3.63) is 28.2 Å². The molecule has 2 rings (SSSR count). The van der Waals surface area contributed by atoms with Gasteiger partial charge in [0.1, 0.15) is 5.75 Å². The first-order chi connectivity index (χ1) is 6.76. The van der Waals surface area contributed by atoms with Crippen LogP contribution in [0.3, 0.4) is 0 Å². The Labute approximate surface area is 101 Å². The van der Waals surface area contributed by atoms with E-state index in [1.165, 1.54) is 16.5 Å². The lowest BCUT2D eigenvalue weighted by atomic mass is 10.1. The van der Waals surface area contributed by atoms with Crippen LogP contribution in [0.4, 0.5) is 0 Å². The largest absolute Gasteiger partial charge is 0.497 e. The molecule has 1 saturated carbocycles. The fourth-order valence-corrected chi connectivity index (χ4v) is 3.10. The highest BCUT2D eigenvalue weighted by molar-refractivity contribution is 9.10. The van der Waals surface area contributed by atoms with Gasteiger partial charge in [-0.25, -0.2) is 0 Å². The van der Waals surface area contributed by atoms with Gasteiger partial charge in [-0.15, -0.1) is 0 Å². The molecule has 1 fully saturated rings. The van der Waals surface area contributed by atoms with Crippen molar-refractivity contribution < 1.29 is 4.74 Å². The number of hydrogen-bond donors (Lipinski definition) is 0. The third-order valence-corrected chi connectivity index (χ3v) is 4.25. The summed E-state index contributed by atoms with van der Waals surface area (Å²) in [5.41, 5.74) is 1.41. The Kier molecular flexibility index (Phi) is 3.17. The first-order valence-electron chi connectivity index (χ1n) is 4.65. The number of alkyl halides is 1. The van der Waals surface area contributed by atoms with Crippen LogP contribution in [0.2, 0.25) is 0 Å². The highest BCUT2D eigenvalue weighted by atomic mass is 79.9. The summed E-state index contributed by atoms with van der Waals surface area (Å²) in [5.74, 6) is 2.46. The van der Waals surface area contributed by atoms with Crippen molar-refractivity contribution >= 4 is 31.9 Å². The van der Waals surface area contributed by atoms with Crippen molar-refractivity contribution in [1.29, 1.82) is 0 Å². The van der Waals surface area contributed by atoms with E-state index < -0.39 is 0 Å². The molecule has 2 unspecified atom stereocenters. The third-order valence-electron chi connectivity index (χ3n) is 2.73. The number of ether oxygens (including phenoxy) is 1. The molecule has 76 valence electrons. The van der Waals surface area contributed by atoms with Gasteiger partial charge in [0.05, 0.1) is 7.11 Å². The van der Waals surface area contributed by atoms with Crippen LogP contribution in [0.15, 0.2) is 22.7 Å². The molecule has 0 bridgehead atoms. The first-order valence-corrected chi connectivity index (χ1v) is 6.57. The second-order valence-electron chi connectivity index (χ2n) is 3.64. The molecule has 3 heteroatoms. The van der Waals surface area contributed by atoms with Crippen LogP contribution in [0.5, 0.6) is 5.75 Å². The summed E-state index contributed by atoms with van der Waals surface area (Å²) in [6, 6.07) is 6.24. The molecule has 1 aromatic rings. The number of methoxy groups -OCH3 is 1. The van der Waals surface area contributed by atoms with Crippen molar-refractivity contribution in [2.45, 2.75) is 12.3 Å². The molecular weight excluding hydrogens is 308 g/mol. The van der Waals surface area contributed by atoms with E-state index in [-0.39, 0.29) is 0 Å². The average Bonchev–Trinajstić information content (AvgIpc) is 2.96. The predicted octanol–water partition coefficient (Wildman–Crippen LogP) is 3.96. The van der Waals surface area contributed by atoms with E-state index in [1.807, 2.05) is 12.1 Å². The van der Waals surface area contributed by atoms with Crippen LogP contribution in [0.25, 0.3) is 0 Å². The monoisotopic (exact) mass is 318 g/mol. The Bertz CT molecular complexity index is 338. The number of halogens is 2. The minimum atomic E-state index is 0.731. The molecule has 1 aliphatic rings. The van der Waals surface area contributed by atoms with Gasteiger partial charge in [-0.3, -0.25) is 0 Å². The zero-order valence-electron chi connectivity index (χ0n) is 7.97. The molecular formula is C11H12Br2O. The molecule has 0 amide bonds. The summed E-state index contributed by atoms with van der Waals surface area (Å²) < 4.78 is 6.34. The maximum absolute atomic E-state index is 5.16. The van der Waals surface area contributed by atoms with Crippen molar-refractivity contribution in [1.82, 2.24) is 0 Å². The molecule has 0 aromatic heterocycles. The summed E-state index contributed by atoms with van der Waals surface area (Å²) in [5, 5.41) is 1.11. The van der Waals surface area contributed by atoms with Crippen LogP contribution in [-0.2, 0) is 0 Å². The average molecular weight is 320 g/mol. The molecule has 2 atom stereocenters. The summed E-state index contributed by atoms with van der Waals surface area (Å²) in [6.45, 7) is 0. The van der Waals surface area contributed by atoms with E-state index in [9.17, 15) is 0 Å². The van der Waals surface area contributed by atoms with E-state index >= 15 is 0 Å². The minimum Gasteiger partial charge on any atom is -0.497 e. The summed E-state index contributed by atoms with van der Waals surface area (Å²) in [7, 11) is 1.69. The van der Waals surface area contributed by atoms with E-state index in [0.717, 1.165) is 22.9 Å². The standard InChI is InChI=1S/C11H12Br2O/c1-14-8-2-3-9(11(13)5-8)10-4-7(10)6-12/h2-3,5,7,10H,4,6H2,1H3. The smallest absolute Gasteiger partial charge is 0.120 e. The summed E-state index contributed by atoms with van der Waals surface area (Å²) in [6.07, 6.45) is 1.30. The Morgan fingerprint density at radius 1 is 1.50 bits per heavy atom. The fourth-order valence-electron chi connectivity index (χ4n) is 1.73. The molecule has 0 radical (unpaired) electrons. The lowest BCUT2D eigenvalue weighted by Crippen LogP contribution is -1.88. The predicted molar refractivity (Wildman–Crippen MR) is 65.3 cm³/mol. The van der Waals surface area contributed by atoms with Crippen LogP contribution in [0.1, 0.15) is 17.9 Å². The molecule has 0 spiro atoms. The molecule has 0 heterocycles. The SMILES string of the molecule is COc1ccc(C2CC2CBr)c(Br)c1. The lowest BCUT2D eigenvalue weighted by molar-refractivity contribution is 0.414. The molecule has 1 nitrogen and oxygen atoms in total. The van der Waals surface area contributed by atoms with Crippen LogP contribution in [0, 0.1) is 5.92 Å². The normalized spacial score (nSPS) is 24.8. The van der Waals surface area contributed by atoms with Gasteiger partial charge in [-0.05, 0) is 36.0 Å². The zero-order valence-corrected chi connectivity index (χ0v) is 11.1. The molecule has 0 N–H and O–H groups in total. The van der Waals surface area contributed by atoms with E-state index in [4.69, 9.17) is 4.74 Å². The van der Waals surface area contributed by atoms with Gasteiger partial charge in [-0.1, -0.05) is 37.9 Å². The van der Waals surface area contributed by atoms with Crippen LogP contribution in [-0.4, -0.2) is 12.4 Å². The second-order valence-corrected chi connectivity index (χ2v) is 5.15. The van der Waals surface area contributed by atoms with Crippen molar-refractivity contribution in [3.8, 4) is 5.75 Å². The topological polar surface area (TPSA) is 9.23 Å². The molecule has 14 heavy (non-hydrogen) atoms. The number of hydrogen-bond acceptors (Lipinski definition) is 1. The maximum Gasteiger partial charge on any atom is 0.120 e. The van der Waals surface area contributed by atoms with Crippen LogP contribution >= 0.6 is 31.9 Å². The van der Waals surface area contributed by atoms with Gasteiger partial charge in [0, 0.05) is 9.80 Å². The van der Waals surface area contributed by atoms with Crippen molar-refractivity contribution in [2.24, 2.45) is 5.92 Å². The van der Waals surface area contributed by atoms with Gasteiger partial charge in [0.25, 0.3) is 0 Å². The Hall–Kier alpha value is -0.0200. The maximum atomic E-state index is 5.16. The van der Waals surface area contributed by atoms with Gasteiger partial charge in [0.2, 0.25) is 0 Å². The number of rotatable bonds is 3. The van der Waals surface area contributed by atoms with Crippen molar-refractivity contribution in [3.63, 3.8) is 0 Å². The van der Waals surface area contributed by atoms with Crippen LogP contribution < -0.4 is 4.74 Å². The second kappa shape index (κ2) is 4.23. The lowest BCUT2D eigenvalue weighted by Gasteiger charge is -2.05. The quantitative estimate of drug-likeness (QED) is 0.766. The Morgan fingerprint density at radius 3 is 2.79 bits per heavy atom. The van der Waals surface area contributed by atoms with Gasteiger partial charge < -0.3 is 4.74 Å². The van der Waals surface area contributed by atoms with Gasteiger partial charge in [-0.2, -0.15) is 0 Å². The molecule has 0 aliphatic heterocycles. The zero-order chi connectivity index (χ0) is 10.1. The van der Waals surface area contributed by atoms with Gasteiger partial charge in [0.15, 0.2) is 0 Å². The summed E-state index contributed by atoms with van der Waals surface area (Å²) >= 11 is 7.12. The van der Waals surface area contributed by atoms with E-state index in [2.05, 4.69) is 37.9 Å². The molecule has 1 aliphatic carbocycles. The minimum absolute atomic E-state index is 0.731. The van der Waals surface area contributed by atoms with E-state index in [0.29, 0.717) is 0 Å². The highest BCUT2D eigenvalue weighted by Crippen LogP contribution is 2.50. The Morgan fingerprint density at radius 2 is 2.29 bits per heavy atom. The van der Waals surface area contributed by atoms with Crippen molar-refractivity contribution in [2.75, 3.05) is 12.4 Å². The van der Waals surface area contributed by atoms with Gasteiger partial charge >= 0.3 is 0 Å². The summed E-state index contributed by atoms with van der Waals surface area (Å²) in [4.78, 5) is 0. The Balaban J connectivity index is 2.19. The molecule has 0 saturated heterocycles. The molecule has 1 aromatic carbocycles. The van der Waals surface area contributed by atoms with E-state index in [1.54, 1.807) is 7.11 Å². The fraction of sp³-hybridized carbons (Fsp3) is 0.455. The first kappa shape index (κ1) is 10.5. The number of benzene rings is 1.